The molecule has 0 saturated carbocycles. The molecule has 2 aromatic carbocycles. The normalized spacial score (nSPS) is 11.9. The van der Waals surface area contributed by atoms with E-state index in [0.29, 0.717) is 22.6 Å². The van der Waals surface area contributed by atoms with Gasteiger partial charge in [0.05, 0.1) is 17.1 Å². The van der Waals surface area contributed by atoms with E-state index in [1.165, 1.54) is 5.56 Å². The molecule has 0 bridgehead atoms. The first-order valence-electron chi connectivity index (χ1n) is 9.98. The fraction of sp³-hybridized carbons (Fsp3) is 0.208. The standard InChI is InChI=1S/C24H24N4O2/c1-3-17(18-7-5-4-6-8-18)16-28(2)19-9-11-20(12-10-19)30-24-26-22-15-25-14-13-21(22)23(29)27-24/h4-15,17H,3,16H2,1-2H3,(H,26,27,29). The summed E-state index contributed by atoms with van der Waals surface area (Å²) in [6.45, 7) is 3.15. The summed E-state index contributed by atoms with van der Waals surface area (Å²) >= 11 is 0. The fourth-order valence-corrected chi connectivity index (χ4v) is 3.49. The van der Waals surface area contributed by atoms with Crippen LogP contribution in [0.4, 0.5) is 5.69 Å². The van der Waals surface area contributed by atoms with Gasteiger partial charge in [-0.25, -0.2) is 0 Å². The Morgan fingerprint density at radius 1 is 1.00 bits per heavy atom. The van der Waals surface area contributed by atoms with Gasteiger partial charge in [-0.3, -0.25) is 4.98 Å². The van der Waals surface area contributed by atoms with Crippen LogP contribution < -0.4 is 9.64 Å². The van der Waals surface area contributed by atoms with E-state index in [1.807, 2.05) is 30.3 Å². The van der Waals surface area contributed by atoms with E-state index in [9.17, 15) is 5.11 Å². The Morgan fingerprint density at radius 2 is 1.77 bits per heavy atom. The van der Waals surface area contributed by atoms with Crippen molar-refractivity contribution in [3.05, 3.63) is 78.6 Å². The smallest absolute Gasteiger partial charge is 0.325 e. The monoisotopic (exact) mass is 400 g/mol. The maximum Gasteiger partial charge on any atom is 0.325 e. The zero-order valence-electron chi connectivity index (χ0n) is 17.1. The first kappa shape index (κ1) is 19.6. The van der Waals surface area contributed by atoms with Crippen LogP contribution in [0.2, 0.25) is 0 Å². The summed E-state index contributed by atoms with van der Waals surface area (Å²) < 4.78 is 5.75. The zero-order valence-corrected chi connectivity index (χ0v) is 17.1. The highest BCUT2D eigenvalue weighted by Gasteiger charge is 2.13. The van der Waals surface area contributed by atoms with Crippen LogP contribution in [0, 0.1) is 0 Å². The van der Waals surface area contributed by atoms with Gasteiger partial charge in [-0.05, 0) is 42.3 Å². The molecule has 1 unspecified atom stereocenters. The average molecular weight is 400 g/mol. The SMILES string of the molecule is CCC(CN(C)c1ccc(Oc2nc(O)c3ccncc3n2)cc1)c1ccccc1. The van der Waals surface area contributed by atoms with Crippen LogP contribution in [0.1, 0.15) is 24.8 Å². The molecule has 0 aliphatic carbocycles. The Kier molecular flexibility index (Phi) is 5.75. The molecule has 0 aliphatic rings. The molecule has 0 aliphatic heterocycles. The van der Waals surface area contributed by atoms with Gasteiger partial charge < -0.3 is 14.7 Å². The summed E-state index contributed by atoms with van der Waals surface area (Å²) in [6, 6.07) is 20.1. The minimum Gasteiger partial charge on any atom is -0.493 e. The Bertz CT molecular complexity index is 1120. The molecule has 4 rings (SSSR count). The highest BCUT2D eigenvalue weighted by Crippen LogP contribution is 2.28. The first-order valence-corrected chi connectivity index (χ1v) is 9.98. The van der Waals surface area contributed by atoms with Crippen LogP contribution in [0.25, 0.3) is 10.9 Å². The molecule has 1 N–H and O–H groups in total. The van der Waals surface area contributed by atoms with Gasteiger partial charge in [0.1, 0.15) is 5.75 Å². The number of hydrogen-bond donors (Lipinski definition) is 1. The molecular formula is C24H24N4O2. The van der Waals surface area contributed by atoms with Gasteiger partial charge in [-0.15, -0.1) is 0 Å². The van der Waals surface area contributed by atoms with E-state index in [2.05, 4.69) is 58.1 Å². The van der Waals surface area contributed by atoms with E-state index in [4.69, 9.17) is 4.74 Å². The lowest BCUT2D eigenvalue weighted by atomic mass is 9.96. The molecule has 152 valence electrons. The topological polar surface area (TPSA) is 71.4 Å². The highest BCUT2D eigenvalue weighted by molar-refractivity contribution is 5.82. The summed E-state index contributed by atoms with van der Waals surface area (Å²) in [4.78, 5) is 14.6. The Hall–Kier alpha value is -3.67. The molecule has 30 heavy (non-hydrogen) atoms. The largest absolute Gasteiger partial charge is 0.493 e. The molecule has 0 amide bonds. The van der Waals surface area contributed by atoms with Crippen LogP contribution in [-0.4, -0.2) is 33.7 Å². The third kappa shape index (κ3) is 4.33. The van der Waals surface area contributed by atoms with Gasteiger partial charge in [-0.1, -0.05) is 37.3 Å². The number of benzene rings is 2. The number of likely N-dealkylation sites (N-methyl/N-ethyl adjacent to an activating group) is 1. The van der Waals surface area contributed by atoms with Gasteiger partial charge in [0.2, 0.25) is 5.88 Å². The number of anilines is 1. The minimum atomic E-state index is -0.125. The number of pyridine rings is 1. The predicted octanol–water partition coefficient (Wildman–Crippen LogP) is 5.15. The molecule has 0 saturated heterocycles. The Labute approximate surface area is 175 Å². The van der Waals surface area contributed by atoms with Crippen molar-refractivity contribution in [1.82, 2.24) is 15.0 Å². The van der Waals surface area contributed by atoms with E-state index < -0.39 is 0 Å². The lowest BCUT2D eigenvalue weighted by Crippen LogP contribution is -2.23. The maximum absolute atomic E-state index is 10.1. The number of aromatic hydroxyl groups is 1. The summed E-state index contributed by atoms with van der Waals surface area (Å²) in [5, 5.41) is 10.6. The average Bonchev–Trinajstić information content (AvgIpc) is 2.78. The maximum atomic E-state index is 10.1. The van der Waals surface area contributed by atoms with E-state index >= 15 is 0 Å². The molecule has 0 spiro atoms. The number of rotatable bonds is 7. The lowest BCUT2D eigenvalue weighted by Gasteiger charge is -2.25. The van der Waals surface area contributed by atoms with Crippen LogP contribution in [0.5, 0.6) is 17.6 Å². The molecule has 2 heterocycles. The van der Waals surface area contributed by atoms with Crippen molar-refractivity contribution in [3.8, 4) is 17.6 Å². The number of aromatic nitrogens is 3. The Morgan fingerprint density at radius 3 is 2.50 bits per heavy atom. The second-order valence-corrected chi connectivity index (χ2v) is 7.21. The second kappa shape index (κ2) is 8.78. The number of hydrogen-bond acceptors (Lipinski definition) is 6. The van der Waals surface area contributed by atoms with Crippen molar-refractivity contribution < 1.29 is 9.84 Å². The second-order valence-electron chi connectivity index (χ2n) is 7.21. The van der Waals surface area contributed by atoms with Gasteiger partial charge in [0.15, 0.2) is 0 Å². The van der Waals surface area contributed by atoms with E-state index in [-0.39, 0.29) is 11.9 Å². The van der Waals surface area contributed by atoms with Gasteiger partial charge in [0.25, 0.3) is 0 Å². The molecule has 1 atom stereocenters. The van der Waals surface area contributed by atoms with Crippen molar-refractivity contribution in [2.24, 2.45) is 0 Å². The minimum absolute atomic E-state index is 0.0872. The van der Waals surface area contributed by atoms with Crippen LogP contribution in [-0.2, 0) is 0 Å². The van der Waals surface area contributed by atoms with Gasteiger partial charge in [-0.2, -0.15) is 9.97 Å². The number of ether oxygens (including phenoxy) is 1. The van der Waals surface area contributed by atoms with Crippen LogP contribution >= 0.6 is 0 Å². The molecular weight excluding hydrogens is 376 g/mol. The molecule has 4 aromatic rings. The van der Waals surface area contributed by atoms with Crippen molar-refractivity contribution in [3.63, 3.8) is 0 Å². The Balaban J connectivity index is 1.46. The molecule has 6 heteroatoms. The quantitative estimate of drug-likeness (QED) is 0.462. The van der Waals surface area contributed by atoms with Gasteiger partial charge in [0, 0.05) is 31.4 Å². The molecule has 0 radical (unpaired) electrons. The zero-order chi connectivity index (χ0) is 20.9. The highest BCUT2D eigenvalue weighted by atomic mass is 16.5. The molecule has 6 nitrogen and oxygen atoms in total. The van der Waals surface area contributed by atoms with Crippen molar-refractivity contribution >= 4 is 16.6 Å². The summed E-state index contributed by atoms with van der Waals surface area (Å²) in [5.74, 6) is 0.944. The third-order valence-corrected chi connectivity index (χ3v) is 5.20. The van der Waals surface area contributed by atoms with Crippen LogP contribution in [0.3, 0.4) is 0 Å². The van der Waals surface area contributed by atoms with E-state index in [0.717, 1.165) is 18.7 Å². The van der Waals surface area contributed by atoms with Crippen molar-refractivity contribution in [2.45, 2.75) is 19.3 Å². The summed E-state index contributed by atoms with van der Waals surface area (Å²) in [5.41, 5.74) is 2.99. The third-order valence-electron chi connectivity index (χ3n) is 5.20. The van der Waals surface area contributed by atoms with Crippen LogP contribution in [0.15, 0.2) is 73.1 Å². The van der Waals surface area contributed by atoms with Gasteiger partial charge >= 0.3 is 6.01 Å². The van der Waals surface area contributed by atoms with Crippen molar-refractivity contribution in [1.29, 1.82) is 0 Å². The molecule has 2 aromatic heterocycles. The van der Waals surface area contributed by atoms with Crippen molar-refractivity contribution in [2.75, 3.05) is 18.5 Å². The number of fused-ring (bicyclic) bond motifs is 1. The molecule has 0 fully saturated rings. The predicted molar refractivity (Wildman–Crippen MR) is 118 cm³/mol. The summed E-state index contributed by atoms with van der Waals surface area (Å²) in [6.07, 6.45) is 4.23. The fourth-order valence-electron chi connectivity index (χ4n) is 3.49. The first-order chi connectivity index (χ1) is 14.6. The number of nitrogens with zero attached hydrogens (tertiary/aromatic N) is 4. The van der Waals surface area contributed by atoms with E-state index in [1.54, 1.807) is 18.5 Å². The summed E-state index contributed by atoms with van der Waals surface area (Å²) in [7, 11) is 2.10. The lowest BCUT2D eigenvalue weighted by molar-refractivity contribution is 0.412.